The number of fused-ring (bicyclic) bond motifs is 1. The number of imidazole rings is 1. The molecule has 0 atom stereocenters. The molecule has 0 saturated carbocycles. The number of nitrogens with zero attached hydrogens (tertiary/aromatic N) is 5. The van der Waals surface area contributed by atoms with Crippen LogP contribution in [0.3, 0.4) is 0 Å². The van der Waals surface area contributed by atoms with E-state index >= 15 is 0 Å². The number of pyridine rings is 1. The fourth-order valence-electron chi connectivity index (χ4n) is 4.35. The quantitative estimate of drug-likeness (QED) is 0.186. The normalized spacial score (nSPS) is 10.5. The molecule has 0 aliphatic rings. The maximum absolute atomic E-state index is 14.9. The minimum absolute atomic E-state index is 0. The number of aryl methyl sites for hydroxylation is 1. The van der Waals surface area contributed by atoms with Crippen LogP contribution in [0, 0.1) is 18.6 Å². The molecule has 0 spiro atoms. The zero-order valence-electron chi connectivity index (χ0n) is 24.7. The highest BCUT2D eigenvalue weighted by Gasteiger charge is 2.21. The summed E-state index contributed by atoms with van der Waals surface area (Å²) in [5.41, 5.74) is 0.752. The molecule has 0 unspecified atom stereocenters. The highest BCUT2D eigenvalue weighted by molar-refractivity contribution is 7.13. The molecule has 46 heavy (non-hydrogen) atoms. The summed E-state index contributed by atoms with van der Waals surface area (Å²) in [5.74, 6) is -1.39. The third-order valence-corrected chi connectivity index (χ3v) is 6.98. The topological polar surface area (TPSA) is 148 Å². The molecule has 3 N–H and O–H groups in total. The van der Waals surface area contributed by atoms with Gasteiger partial charge in [-0.15, -0.1) is 23.7 Å². The first-order valence-electron chi connectivity index (χ1n) is 13.5. The third-order valence-electron chi connectivity index (χ3n) is 6.29. The van der Waals surface area contributed by atoms with Crippen molar-refractivity contribution in [2.45, 2.75) is 27.3 Å². The average molecular weight is 665 g/mol. The van der Waals surface area contributed by atoms with Gasteiger partial charge in [0.15, 0.2) is 10.8 Å². The van der Waals surface area contributed by atoms with Gasteiger partial charge in [-0.2, -0.15) is 4.98 Å². The van der Waals surface area contributed by atoms with Crippen molar-refractivity contribution >= 4 is 57.5 Å². The van der Waals surface area contributed by atoms with Gasteiger partial charge in [-0.3, -0.25) is 19.5 Å². The fraction of sp³-hybridized carbons (Fsp3) is 0.129. The van der Waals surface area contributed by atoms with Gasteiger partial charge in [-0.05, 0) is 56.7 Å². The van der Waals surface area contributed by atoms with Crippen LogP contribution in [0.4, 0.5) is 19.9 Å². The van der Waals surface area contributed by atoms with Crippen molar-refractivity contribution in [2.24, 2.45) is 0 Å². The van der Waals surface area contributed by atoms with Gasteiger partial charge in [0.25, 0.3) is 11.5 Å². The highest BCUT2D eigenvalue weighted by atomic mass is 35.5. The Morgan fingerprint density at radius 1 is 1.00 bits per heavy atom. The van der Waals surface area contributed by atoms with E-state index in [2.05, 4.69) is 30.6 Å². The maximum Gasteiger partial charge on any atom is 0.257 e. The van der Waals surface area contributed by atoms with Gasteiger partial charge in [-0.25, -0.2) is 23.7 Å². The van der Waals surface area contributed by atoms with Crippen LogP contribution in [0.15, 0.2) is 77.3 Å². The number of benzene rings is 2. The number of ketones is 1. The second-order valence-electron chi connectivity index (χ2n) is 9.83. The van der Waals surface area contributed by atoms with E-state index < -0.39 is 22.9 Å². The summed E-state index contributed by atoms with van der Waals surface area (Å²) in [7, 11) is 0. The number of Topliss-reactive ketones (excluding diaryl/α,β-unsaturated/α-hetero) is 1. The van der Waals surface area contributed by atoms with Gasteiger partial charge in [0, 0.05) is 46.6 Å². The Labute approximate surface area is 271 Å². The number of hydrogen-bond donors (Lipinski definition) is 3. The number of nitrogens with one attached hydrogen (secondary N) is 3. The predicted molar refractivity (Wildman–Crippen MR) is 175 cm³/mol. The molecule has 0 aliphatic carbocycles. The maximum atomic E-state index is 14.9. The van der Waals surface area contributed by atoms with E-state index in [1.165, 1.54) is 43.4 Å². The summed E-state index contributed by atoms with van der Waals surface area (Å²) in [4.78, 5) is 56.0. The molecule has 236 valence electrons. The van der Waals surface area contributed by atoms with E-state index in [0.717, 1.165) is 22.3 Å². The van der Waals surface area contributed by atoms with Crippen molar-refractivity contribution in [3.8, 4) is 16.9 Å². The summed E-state index contributed by atoms with van der Waals surface area (Å²) in [6.07, 6.45) is 4.84. The van der Waals surface area contributed by atoms with Crippen molar-refractivity contribution in [2.75, 3.05) is 10.6 Å². The lowest BCUT2D eigenvalue weighted by atomic mass is 9.99. The Hall–Kier alpha value is -5.34. The molecule has 11 nitrogen and oxygen atoms in total. The van der Waals surface area contributed by atoms with Crippen LogP contribution in [0.1, 0.15) is 35.6 Å². The van der Waals surface area contributed by atoms with Gasteiger partial charge in [0.05, 0.1) is 12.2 Å². The number of H-pyrrole nitrogens is 1. The molecular weight excluding hydrogens is 638 g/mol. The summed E-state index contributed by atoms with van der Waals surface area (Å²) in [5, 5.41) is 8.36. The molecule has 15 heteroatoms. The summed E-state index contributed by atoms with van der Waals surface area (Å²) >= 11 is 1.29. The smallest absolute Gasteiger partial charge is 0.257 e. The Kier molecular flexibility index (Phi) is 10.7. The van der Waals surface area contributed by atoms with Gasteiger partial charge in [0.2, 0.25) is 5.95 Å². The molecule has 0 saturated heterocycles. The zero-order chi connectivity index (χ0) is 32.1. The fourth-order valence-corrected chi connectivity index (χ4v) is 4.87. The van der Waals surface area contributed by atoms with E-state index in [1.807, 2.05) is 6.92 Å². The van der Waals surface area contributed by atoms with Gasteiger partial charge in [-0.1, -0.05) is 12.1 Å². The first kappa shape index (κ1) is 33.6. The van der Waals surface area contributed by atoms with Crippen LogP contribution in [-0.4, -0.2) is 41.2 Å². The van der Waals surface area contributed by atoms with Crippen LogP contribution in [-0.2, 0) is 11.3 Å². The number of rotatable bonds is 7. The zero-order valence-corrected chi connectivity index (χ0v) is 26.3. The summed E-state index contributed by atoms with van der Waals surface area (Å²) < 4.78 is 30.8. The van der Waals surface area contributed by atoms with Crippen molar-refractivity contribution in [3.63, 3.8) is 0 Å². The SMILES string of the molecule is CC(C)=O.Cc1ccc(C(=O)Nc2nccs2)cc1-c1nc(NCc2ncc[nH]2)nc2c1ccc(=O)n2-c1c(F)cccc1F.Cl. The lowest BCUT2D eigenvalue weighted by Crippen LogP contribution is -2.21. The van der Waals surface area contributed by atoms with E-state index in [4.69, 9.17) is 4.98 Å². The van der Waals surface area contributed by atoms with Crippen molar-refractivity contribution in [1.29, 1.82) is 0 Å². The highest BCUT2D eigenvalue weighted by Crippen LogP contribution is 2.32. The number of thiazole rings is 1. The summed E-state index contributed by atoms with van der Waals surface area (Å²) in [6, 6.07) is 11.1. The minimum Gasteiger partial charge on any atom is -0.347 e. The number of amides is 1. The first-order valence-corrected chi connectivity index (χ1v) is 14.4. The van der Waals surface area contributed by atoms with Crippen molar-refractivity contribution in [1.82, 2.24) is 29.5 Å². The number of carbonyl (C=O) groups excluding carboxylic acids is 2. The van der Waals surface area contributed by atoms with Gasteiger partial charge in [0.1, 0.15) is 28.9 Å². The molecule has 0 bridgehead atoms. The number of aromatic nitrogens is 6. The van der Waals surface area contributed by atoms with E-state index in [9.17, 15) is 23.2 Å². The number of anilines is 2. The minimum atomic E-state index is -0.929. The monoisotopic (exact) mass is 664 g/mol. The van der Waals surface area contributed by atoms with Gasteiger partial charge < -0.3 is 15.1 Å². The second-order valence-corrected chi connectivity index (χ2v) is 10.7. The molecule has 2 aromatic carbocycles. The molecule has 4 heterocycles. The molecular formula is C31H27ClF2N8O3S. The molecule has 1 amide bonds. The lowest BCUT2D eigenvalue weighted by Gasteiger charge is -2.16. The number of carbonyl (C=O) groups is 2. The van der Waals surface area contributed by atoms with Crippen molar-refractivity contribution in [3.05, 3.63) is 111 Å². The number of para-hydroxylation sites is 1. The van der Waals surface area contributed by atoms with E-state index in [-0.39, 0.29) is 42.2 Å². The second kappa shape index (κ2) is 14.6. The van der Waals surface area contributed by atoms with Crippen LogP contribution in [0.25, 0.3) is 28.0 Å². The number of aromatic amines is 1. The Morgan fingerprint density at radius 3 is 2.39 bits per heavy atom. The van der Waals surface area contributed by atoms with Crippen LogP contribution < -0.4 is 16.2 Å². The first-order chi connectivity index (χ1) is 21.6. The van der Waals surface area contributed by atoms with Crippen LogP contribution in [0.2, 0.25) is 0 Å². The van der Waals surface area contributed by atoms with Crippen molar-refractivity contribution < 1.29 is 18.4 Å². The Bertz CT molecular complexity index is 2040. The molecule has 6 aromatic rings. The third kappa shape index (κ3) is 7.47. The lowest BCUT2D eigenvalue weighted by molar-refractivity contribution is -0.115. The number of halogens is 3. The van der Waals surface area contributed by atoms with Crippen LogP contribution in [0.5, 0.6) is 0 Å². The molecule has 4 aromatic heterocycles. The average Bonchev–Trinajstić information content (AvgIpc) is 3.71. The van der Waals surface area contributed by atoms with Gasteiger partial charge >= 0.3 is 0 Å². The largest absolute Gasteiger partial charge is 0.347 e. The molecule has 0 radical (unpaired) electrons. The standard InChI is InChI=1S/C28H20F2N8O2S.C3H6O.ClH/c1-15-5-6-16(26(40)37-28-33-11-12-41-28)13-18(15)23-17-7-8-22(39)38(24-19(29)3-2-4-20(24)30)25(17)36-27(35-23)34-14-21-31-9-10-32-21;1-3(2)4;/h2-13H,14H2,1H3,(H,31,32)(H,33,37,40)(H,34,35,36);1-2H3;1H. The predicted octanol–water partition coefficient (Wildman–Crippen LogP) is 6.10. The van der Waals surface area contributed by atoms with E-state index in [0.29, 0.717) is 33.2 Å². The molecule has 6 rings (SSSR count). The Balaban J connectivity index is 0.000000909. The number of hydrogen-bond acceptors (Lipinski definition) is 9. The molecule has 0 aliphatic heterocycles. The summed E-state index contributed by atoms with van der Waals surface area (Å²) in [6.45, 7) is 5.10. The van der Waals surface area contributed by atoms with Crippen LogP contribution >= 0.6 is 23.7 Å². The molecule has 0 fully saturated rings. The van der Waals surface area contributed by atoms with E-state index in [1.54, 1.807) is 42.2 Å². The Morgan fingerprint density at radius 2 is 1.74 bits per heavy atom.